The van der Waals surface area contributed by atoms with E-state index in [4.69, 9.17) is 27.9 Å². The van der Waals surface area contributed by atoms with E-state index in [1.165, 1.54) is 0 Å². The second-order valence-electron chi connectivity index (χ2n) is 9.36. The van der Waals surface area contributed by atoms with Gasteiger partial charge in [-0.15, -0.1) is 0 Å². The fourth-order valence-corrected chi connectivity index (χ4v) is 3.71. The molecule has 0 aliphatic heterocycles. The van der Waals surface area contributed by atoms with Gasteiger partial charge in [0, 0.05) is 22.2 Å². The first-order chi connectivity index (χ1) is 16.5. The Morgan fingerprint density at radius 1 is 0.800 bits per heavy atom. The van der Waals surface area contributed by atoms with Crippen LogP contribution >= 0.6 is 23.2 Å². The van der Waals surface area contributed by atoms with E-state index in [0.29, 0.717) is 34.3 Å². The number of ether oxygens (including phenoxy) is 1. The number of halogens is 2. The summed E-state index contributed by atoms with van der Waals surface area (Å²) in [6.45, 7) is 7.84. The zero-order chi connectivity index (χ0) is 25.6. The summed E-state index contributed by atoms with van der Waals surface area (Å²) in [4.78, 5) is 25.2. The summed E-state index contributed by atoms with van der Waals surface area (Å²) in [6.07, 6.45) is 0.665. The maximum absolute atomic E-state index is 13.0. The molecule has 0 aromatic heterocycles. The van der Waals surface area contributed by atoms with Crippen LogP contribution in [0.15, 0.2) is 72.8 Å². The highest BCUT2D eigenvalue weighted by Crippen LogP contribution is 2.25. The van der Waals surface area contributed by atoms with Crippen molar-refractivity contribution in [3.8, 4) is 5.75 Å². The van der Waals surface area contributed by atoms with Gasteiger partial charge in [0.25, 0.3) is 11.8 Å². The van der Waals surface area contributed by atoms with Crippen molar-refractivity contribution in [1.82, 2.24) is 10.6 Å². The molecule has 0 saturated carbocycles. The zero-order valence-corrected chi connectivity index (χ0v) is 21.8. The summed E-state index contributed by atoms with van der Waals surface area (Å²) >= 11 is 11.8. The highest BCUT2D eigenvalue weighted by Gasteiger charge is 2.34. The smallest absolute Gasteiger partial charge is 0.264 e. The van der Waals surface area contributed by atoms with Gasteiger partial charge in [0.2, 0.25) is 0 Å². The van der Waals surface area contributed by atoms with Crippen LogP contribution in [0.2, 0.25) is 10.0 Å². The monoisotopic (exact) mass is 512 g/mol. The molecule has 5 nitrogen and oxygen atoms in total. The Bertz CT molecular complexity index is 1160. The van der Waals surface area contributed by atoms with Gasteiger partial charge >= 0.3 is 0 Å². The van der Waals surface area contributed by atoms with Gasteiger partial charge in [-0.25, -0.2) is 0 Å². The quantitative estimate of drug-likeness (QED) is 0.359. The van der Waals surface area contributed by atoms with Gasteiger partial charge in [-0.2, -0.15) is 0 Å². The molecule has 0 saturated heterocycles. The molecule has 2 amide bonds. The third kappa shape index (κ3) is 7.48. The largest absolute Gasteiger partial charge is 0.478 e. The van der Waals surface area contributed by atoms with Crippen LogP contribution < -0.4 is 15.4 Å². The fraction of sp³-hybridized carbons (Fsp3) is 0.286. The van der Waals surface area contributed by atoms with E-state index >= 15 is 0 Å². The molecule has 3 aromatic carbocycles. The first kappa shape index (κ1) is 26.6. The fourth-order valence-electron chi connectivity index (χ4n) is 3.46. The highest BCUT2D eigenvalue weighted by atomic mass is 35.5. The van der Waals surface area contributed by atoms with Gasteiger partial charge in [0.1, 0.15) is 5.75 Å². The first-order valence-electron chi connectivity index (χ1n) is 11.4. The van der Waals surface area contributed by atoms with E-state index in [0.717, 1.165) is 11.1 Å². The molecule has 0 atom stereocenters. The second-order valence-corrected chi connectivity index (χ2v) is 10.2. The predicted octanol–water partition coefficient (Wildman–Crippen LogP) is 6.17. The lowest BCUT2D eigenvalue weighted by atomic mass is 9.93. The first-order valence-corrected chi connectivity index (χ1v) is 12.1. The van der Waals surface area contributed by atoms with E-state index in [9.17, 15) is 9.59 Å². The molecular formula is C28H30Cl2N2O3. The molecule has 0 bridgehead atoms. The van der Waals surface area contributed by atoms with Crippen molar-refractivity contribution in [2.24, 2.45) is 0 Å². The summed E-state index contributed by atoms with van der Waals surface area (Å²) in [6, 6.07) is 21.7. The molecule has 0 fully saturated rings. The Labute approximate surface area is 216 Å². The number of carbonyl (C=O) groups excluding carboxylic acids is 2. The number of nitrogens with one attached hydrogen (secondary N) is 2. The Kier molecular flexibility index (Phi) is 8.47. The molecule has 35 heavy (non-hydrogen) atoms. The summed E-state index contributed by atoms with van der Waals surface area (Å²) in [5.74, 6) is 0.214. The van der Waals surface area contributed by atoms with Crippen molar-refractivity contribution >= 4 is 35.0 Å². The second kappa shape index (κ2) is 11.1. The summed E-state index contributed by atoms with van der Waals surface area (Å²) in [5, 5.41) is 7.20. The topological polar surface area (TPSA) is 67.4 Å². The number of benzene rings is 3. The minimum atomic E-state index is -1.09. The molecule has 0 unspecified atom stereocenters. The van der Waals surface area contributed by atoms with Gasteiger partial charge in [0.05, 0.1) is 5.54 Å². The number of amides is 2. The summed E-state index contributed by atoms with van der Waals surface area (Å²) < 4.78 is 6.02. The zero-order valence-electron chi connectivity index (χ0n) is 20.3. The minimum Gasteiger partial charge on any atom is -0.478 e. The third-order valence-corrected chi connectivity index (χ3v) is 6.14. The van der Waals surface area contributed by atoms with Crippen LogP contribution in [0.3, 0.4) is 0 Å². The van der Waals surface area contributed by atoms with Gasteiger partial charge in [0.15, 0.2) is 5.60 Å². The lowest BCUT2D eigenvalue weighted by Crippen LogP contribution is -2.52. The van der Waals surface area contributed by atoms with Crippen molar-refractivity contribution in [3.63, 3.8) is 0 Å². The van der Waals surface area contributed by atoms with E-state index in [2.05, 4.69) is 10.6 Å². The summed E-state index contributed by atoms with van der Waals surface area (Å²) in [7, 11) is 0. The number of hydrogen-bond donors (Lipinski definition) is 2. The maximum Gasteiger partial charge on any atom is 0.264 e. The molecule has 0 aliphatic carbocycles. The SMILES string of the molecule is CC(C)(Oc1ccc(CCNC(=O)c2ccc(Cl)cc2)cc1)C(=O)NC(C)(C)c1ccc(Cl)cc1. The van der Waals surface area contributed by atoms with Crippen LogP contribution in [-0.4, -0.2) is 24.0 Å². The Morgan fingerprint density at radius 2 is 1.34 bits per heavy atom. The molecule has 0 aliphatic rings. The van der Waals surface area contributed by atoms with Crippen molar-refractivity contribution in [2.45, 2.75) is 45.3 Å². The van der Waals surface area contributed by atoms with Crippen LogP contribution in [0, 0.1) is 0 Å². The van der Waals surface area contributed by atoms with Crippen LogP contribution in [0.4, 0.5) is 0 Å². The maximum atomic E-state index is 13.0. The number of rotatable bonds is 9. The molecule has 3 aromatic rings. The van der Waals surface area contributed by atoms with Crippen molar-refractivity contribution < 1.29 is 14.3 Å². The van der Waals surface area contributed by atoms with Gasteiger partial charge < -0.3 is 15.4 Å². The molecule has 7 heteroatoms. The molecule has 0 heterocycles. The molecule has 3 rings (SSSR count). The highest BCUT2D eigenvalue weighted by molar-refractivity contribution is 6.30. The standard InChI is InChI=1S/C28H30Cl2N2O3/c1-27(2,21-9-13-23(30)14-10-21)32-26(34)28(3,4)35-24-15-5-19(6-16-24)17-18-31-25(33)20-7-11-22(29)12-8-20/h5-16H,17-18H2,1-4H3,(H,31,33)(H,32,34). The van der Waals surface area contributed by atoms with E-state index < -0.39 is 11.1 Å². The minimum absolute atomic E-state index is 0.143. The van der Waals surface area contributed by atoms with Crippen molar-refractivity contribution in [1.29, 1.82) is 0 Å². The molecule has 0 spiro atoms. The van der Waals surface area contributed by atoms with Gasteiger partial charge in [-0.1, -0.05) is 47.5 Å². The average Bonchev–Trinajstić information content (AvgIpc) is 2.80. The molecule has 0 radical (unpaired) electrons. The lowest BCUT2D eigenvalue weighted by Gasteiger charge is -2.33. The van der Waals surface area contributed by atoms with Crippen LogP contribution in [0.1, 0.15) is 49.2 Å². The molecule has 2 N–H and O–H groups in total. The molecule has 184 valence electrons. The van der Waals surface area contributed by atoms with E-state index in [1.54, 1.807) is 50.2 Å². The Morgan fingerprint density at radius 3 is 1.91 bits per heavy atom. The van der Waals surface area contributed by atoms with Gasteiger partial charge in [-0.3, -0.25) is 9.59 Å². The van der Waals surface area contributed by atoms with Crippen molar-refractivity contribution in [3.05, 3.63) is 99.5 Å². The van der Waals surface area contributed by atoms with Crippen LogP contribution in [-0.2, 0) is 16.8 Å². The Hall–Kier alpha value is -3.02. The van der Waals surface area contributed by atoms with E-state index in [-0.39, 0.29) is 11.8 Å². The van der Waals surface area contributed by atoms with Gasteiger partial charge in [-0.05, 0) is 93.8 Å². The normalized spacial score (nSPS) is 11.6. The third-order valence-electron chi connectivity index (χ3n) is 5.64. The summed E-state index contributed by atoms with van der Waals surface area (Å²) in [5.41, 5.74) is 0.872. The van der Waals surface area contributed by atoms with Crippen LogP contribution in [0.25, 0.3) is 0 Å². The number of hydrogen-bond acceptors (Lipinski definition) is 3. The van der Waals surface area contributed by atoms with Crippen molar-refractivity contribution in [2.75, 3.05) is 6.54 Å². The molecular weight excluding hydrogens is 483 g/mol. The predicted molar refractivity (Wildman–Crippen MR) is 141 cm³/mol. The van der Waals surface area contributed by atoms with E-state index in [1.807, 2.05) is 50.2 Å². The lowest BCUT2D eigenvalue weighted by molar-refractivity contribution is -0.136. The van der Waals surface area contributed by atoms with Crippen LogP contribution in [0.5, 0.6) is 5.75 Å². The Balaban J connectivity index is 1.52. The average molecular weight is 513 g/mol. The number of carbonyl (C=O) groups is 2.